The molecule has 0 saturated heterocycles. The van der Waals surface area contributed by atoms with Gasteiger partial charge in [-0.3, -0.25) is 9.46 Å². The monoisotopic (exact) mass is 433 g/mol. The third-order valence-corrected chi connectivity index (χ3v) is 8.49. The standard InChI is InChI=1S/C16H24N3O5PS2/c1-5-9-15(20)17(2)25(22,26)18(3)27-19(14-10-7-6-8-11-14)16(21)24-13-12-23-4/h5-8,10-11H,1,9,12-13H2,2-4H3,(H,22,26). The van der Waals surface area contributed by atoms with Crippen LogP contribution in [0.15, 0.2) is 43.0 Å². The third-order valence-electron chi connectivity index (χ3n) is 3.31. The van der Waals surface area contributed by atoms with E-state index in [1.165, 1.54) is 35.7 Å². The molecule has 0 aromatic heterocycles. The Labute approximate surface area is 169 Å². The number of rotatable bonds is 10. The quantitative estimate of drug-likeness (QED) is 0.261. The number of carbonyl (C=O) groups excluding carboxylic acids is 2. The predicted octanol–water partition coefficient (Wildman–Crippen LogP) is 3.02. The molecule has 11 heteroatoms. The zero-order chi connectivity index (χ0) is 20.4. The van der Waals surface area contributed by atoms with Crippen LogP contribution in [0.4, 0.5) is 10.5 Å². The zero-order valence-corrected chi connectivity index (χ0v) is 18.0. The highest BCUT2D eigenvalue weighted by molar-refractivity contribution is 8.16. The van der Waals surface area contributed by atoms with Crippen molar-refractivity contribution in [2.45, 2.75) is 6.42 Å². The van der Waals surface area contributed by atoms with Crippen molar-refractivity contribution in [2.75, 3.05) is 38.7 Å². The molecule has 27 heavy (non-hydrogen) atoms. The summed E-state index contributed by atoms with van der Waals surface area (Å²) in [5, 5.41) is 0. The minimum Gasteiger partial charge on any atom is -0.446 e. The molecule has 0 fully saturated rings. The van der Waals surface area contributed by atoms with Crippen molar-refractivity contribution < 1.29 is 24.0 Å². The summed E-state index contributed by atoms with van der Waals surface area (Å²) in [5.41, 5.74) is 0.534. The summed E-state index contributed by atoms with van der Waals surface area (Å²) in [6.07, 6.45) is 0.838. The van der Waals surface area contributed by atoms with E-state index in [0.717, 1.165) is 16.8 Å². The Hall–Kier alpha value is -1.42. The molecule has 1 N–H and O–H groups in total. The fourth-order valence-electron chi connectivity index (χ4n) is 1.78. The third kappa shape index (κ3) is 6.91. The maximum absolute atomic E-state index is 12.5. The van der Waals surface area contributed by atoms with Gasteiger partial charge in [0.05, 0.1) is 24.4 Å². The predicted molar refractivity (Wildman–Crippen MR) is 112 cm³/mol. The van der Waals surface area contributed by atoms with Crippen molar-refractivity contribution in [3.8, 4) is 0 Å². The van der Waals surface area contributed by atoms with Gasteiger partial charge in [0.25, 0.3) is 0 Å². The lowest BCUT2D eigenvalue weighted by molar-refractivity contribution is -0.125. The fourth-order valence-corrected chi connectivity index (χ4v) is 4.57. The number of amides is 2. The van der Waals surface area contributed by atoms with Crippen LogP contribution in [0.5, 0.6) is 0 Å². The largest absolute Gasteiger partial charge is 0.446 e. The van der Waals surface area contributed by atoms with Crippen molar-refractivity contribution in [3.05, 3.63) is 43.0 Å². The molecule has 1 atom stereocenters. The summed E-state index contributed by atoms with van der Waals surface area (Å²) in [7, 11) is 4.44. The number of methoxy groups -OCH3 is 1. The van der Waals surface area contributed by atoms with E-state index in [-0.39, 0.29) is 25.5 Å². The van der Waals surface area contributed by atoms with Gasteiger partial charge in [0.2, 0.25) is 12.5 Å². The number of hydrogen-bond donors (Lipinski definition) is 1. The van der Waals surface area contributed by atoms with E-state index in [2.05, 4.69) is 6.58 Å². The van der Waals surface area contributed by atoms with E-state index in [0.29, 0.717) is 5.69 Å². The Kier molecular flexibility index (Phi) is 10.00. The van der Waals surface area contributed by atoms with Crippen LogP contribution < -0.4 is 4.31 Å². The molecule has 0 heterocycles. The first-order valence-corrected chi connectivity index (χ1v) is 11.3. The van der Waals surface area contributed by atoms with Crippen molar-refractivity contribution in [1.29, 1.82) is 0 Å². The van der Waals surface area contributed by atoms with Crippen LogP contribution in [0.25, 0.3) is 0 Å². The second-order valence-electron chi connectivity index (χ2n) is 5.21. The smallest absolute Gasteiger partial charge is 0.425 e. The van der Waals surface area contributed by atoms with Gasteiger partial charge in [0.1, 0.15) is 6.61 Å². The minimum absolute atomic E-state index is 0.0510. The lowest BCUT2D eigenvalue weighted by Crippen LogP contribution is -2.33. The SMILES string of the molecule is C=CCC(=O)N(C)P(O)(=S)N(C)SN(C(=O)OCCOC)c1ccccc1. The lowest BCUT2D eigenvalue weighted by Gasteiger charge is -2.35. The summed E-state index contributed by atoms with van der Waals surface area (Å²) in [5.74, 6) is -0.364. The number of benzene rings is 1. The summed E-state index contributed by atoms with van der Waals surface area (Å²) in [6.45, 7) is 0.426. The number of anilines is 1. The maximum atomic E-state index is 12.5. The van der Waals surface area contributed by atoms with Crippen molar-refractivity contribution in [3.63, 3.8) is 0 Å². The molecule has 1 aromatic carbocycles. The molecule has 0 radical (unpaired) electrons. The van der Waals surface area contributed by atoms with Crippen LogP contribution in [0.2, 0.25) is 0 Å². The van der Waals surface area contributed by atoms with Crippen LogP contribution >= 0.6 is 18.7 Å². The normalized spacial score (nSPS) is 12.9. The Morgan fingerprint density at radius 3 is 2.48 bits per heavy atom. The van der Waals surface area contributed by atoms with Gasteiger partial charge in [-0.1, -0.05) is 24.3 Å². The summed E-state index contributed by atoms with van der Waals surface area (Å²) in [4.78, 5) is 35.3. The van der Waals surface area contributed by atoms with Crippen molar-refractivity contribution in [2.24, 2.45) is 0 Å². The minimum atomic E-state index is -3.41. The molecule has 0 aliphatic carbocycles. The first-order chi connectivity index (χ1) is 12.8. The molecular formula is C16H24N3O5PS2. The van der Waals surface area contributed by atoms with Gasteiger partial charge in [-0.25, -0.2) is 9.10 Å². The van der Waals surface area contributed by atoms with E-state index in [1.54, 1.807) is 24.3 Å². The summed E-state index contributed by atoms with van der Waals surface area (Å²) < 4.78 is 13.7. The van der Waals surface area contributed by atoms with Gasteiger partial charge in [-0.2, -0.15) is 4.08 Å². The first-order valence-electron chi connectivity index (χ1n) is 7.89. The van der Waals surface area contributed by atoms with Gasteiger partial charge >= 0.3 is 6.09 Å². The molecule has 0 spiro atoms. The Morgan fingerprint density at radius 1 is 1.30 bits per heavy atom. The van der Waals surface area contributed by atoms with Crippen molar-refractivity contribution in [1.82, 2.24) is 8.75 Å². The fraction of sp³-hybridized carbons (Fsp3) is 0.375. The molecule has 0 bridgehead atoms. The van der Waals surface area contributed by atoms with Crippen molar-refractivity contribution >= 4 is 48.2 Å². The summed E-state index contributed by atoms with van der Waals surface area (Å²) >= 11 is 6.15. The number of nitrogens with zero attached hydrogens (tertiary/aromatic N) is 3. The highest BCUT2D eigenvalue weighted by Gasteiger charge is 2.33. The molecule has 150 valence electrons. The molecule has 8 nitrogen and oxygen atoms in total. The molecular weight excluding hydrogens is 409 g/mol. The van der Waals surface area contributed by atoms with Crippen LogP contribution in [0, 0.1) is 0 Å². The topological polar surface area (TPSA) is 82.6 Å². The average molecular weight is 433 g/mol. The Balaban J connectivity index is 2.99. The van der Waals surface area contributed by atoms with Crippen LogP contribution in [0.1, 0.15) is 6.42 Å². The van der Waals surface area contributed by atoms with Crippen LogP contribution in [-0.2, 0) is 26.1 Å². The average Bonchev–Trinajstić information content (AvgIpc) is 2.66. The highest BCUT2D eigenvalue weighted by atomic mass is 32.5. The van der Waals surface area contributed by atoms with Gasteiger partial charge in [-0.15, -0.1) is 6.58 Å². The van der Waals surface area contributed by atoms with Gasteiger partial charge in [0.15, 0.2) is 0 Å². The van der Waals surface area contributed by atoms with E-state index in [1.807, 2.05) is 6.07 Å². The molecule has 1 unspecified atom stereocenters. The molecule has 0 aliphatic rings. The number of carbonyl (C=O) groups is 2. The molecule has 0 saturated carbocycles. The second-order valence-corrected chi connectivity index (χ2v) is 10.2. The van der Waals surface area contributed by atoms with Crippen LogP contribution in [0.3, 0.4) is 0 Å². The van der Waals surface area contributed by atoms with Gasteiger partial charge < -0.3 is 14.4 Å². The van der Waals surface area contributed by atoms with Gasteiger partial charge in [0, 0.05) is 27.6 Å². The van der Waals surface area contributed by atoms with E-state index >= 15 is 0 Å². The number of hydrogen-bond acceptors (Lipinski definition) is 6. The Morgan fingerprint density at radius 2 is 1.93 bits per heavy atom. The molecule has 1 rings (SSSR count). The zero-order valence-electron chi connectivity index (χ0n) is 15.5. The Bertz CT molecular complexity index is 692. The number of para-hydroxylation sites is 1. The molecule has 2 amide bonds. The van der Waals surface area contributed by atoms with E-state index < -0.39 is 12.7 Å². The van der Waals surface area contributed by atoms with E-state index in [9.17, 15) is 14.5 Å². The lowest BCUT2D eigenvalue weighted by atomic mass is 10.3. The molecule has 1 aromatic rings. The van der Waals surface area contributed by atoms with Gasteiger partial charge in [-0.05, 0) is 23.9 Å². The molecule has 0 aliphatic heterocycles. The maximum Gasteiger partial charge on any atom is 0.425 e. The first kappa shape index (κ1) is 23.6. The highest BCUT2D eigenvalue weighted by Crippen LogP contribution is 2.52. The number of ether oxygens (including phenoxy) is 2. The summed E-state index contributed by atoms with van der Waals surface area (Å²) in [6, 6.07) is 8.77. The second kappa shape index (κ2) is 11.4. The van der Waals surface area contributed by atoms with E-state index in [4.69, 9.17) is 21.3 Å². The van der Waals surface area contributed by atoms with Crippen LogP contribution in [-0.4, -0.2) is 60.1 Å².